The first kappa shape index (κ1) is 16.3. The number of aryl methyl sites for hydroxylation is 1. The second-order valence-electron chi connectivity index (χ2n) is 6.11. The number of thiophene rings is 1. The number of aromatic nitrogens is 2. The van der Waals surface area contributed by atoms with Crippen molar-refractivity contribution in [1.82, 2.24) is 9.97 Å². The molecule has 1 fully saturated rings. The number of fused-ring (bicyclic) bond motifs is 1. The van der Waals surface area contributed by atoms with Crippen molar-refractivity contribution in [1.29, 1.82) is 0 Å². The van der Waals surface area contributed by atoms with Crippen molar-refractivity contribution in [3.63, 3.8) is 0 Å². The van der Waals surface area contributed by atoms with Gasteiger partial charge in [-0.05, 0) is 37.1 Å². The van der Waals surface area contributed by atoms with Crippen LogP contribution in [-0.2, 0) is 6.18 Å². The topological polar surface area (TPSA) is 37.8 Å². The summed E-state index contributed by atoms with van der Waals surface area (Å²) >= 11 is 1.21. The molecule has 0 saturated heterocycles. The van der Waals surface area contributed by atoms with Gasteiger partial charge in [0, 0.05) is 16.8 Å². The molecule has 0 spiro atoms. The molecule has 1 aliphatic rings. The van der Waals surface area contributed by atoms with Crippen molar-refractivity contribution < 1.29 is 17.6 Å². The van der Waals surface area contributed by atoms with Gasteiger partial charge in [0.1, 0.15) is 16.5 Å². The number of nitrogens with one attached hydrogen (secondary N) is 1. The Bertz CT molecular complexity index is 933. The maximum atomic E-state index is 13.1. The van der Waals surface area contributed by atoms with Crippen LogP contribution < -0.4 is 5.32 Å². The molecule has 130 valence electrons. The summed E-state index contributed by atoms with van der Waals surface area (Å²) in [5, 5.41) is 3.71. The second-order valence-corrected chi connectivity index (χ2v) is 7.35. The van der Waals surface area contributed by atoms with Gasteiger partial charge in [-0.3, -0.25) is 0 Å². The lowest BCUT2D eigenvalue weighted by Gasteiger charge is -2.10. The number of hydrogen-bond acceptors (Lipinski definition) is 4. The molecule has 1 saturated carbocycles. The Balaban J connectivity index is 1.64. The number of anilines is 1. The number of rotatable bonds is 3. The highest BCUT2D eigenvalue weighted by atomic mass is 32.1. The highest BCUT2D eigenvalue weighted by molar-refractivity contribution is 7.18. The van der Waals surface area contributed by atoms with Crippen LogP contribution in [0.15, 0.2) is 30.3 Å². The van der Waals surface area contributed by atoms with Gasteiger partial charge in [-0.15, -0.1) is 11.3 Å². The summed E-state index contributed by atoms with van der Waals surface area (Å²) in [5.41, 5.74) is 0.960. The average Bonchev–Trinajstić information content (AvgIpc) is 3.18. The van der Waals surface area contributed by atoms with Crippen LogP contribution in [0.5, 0.6) is 0 Å². The Morgan fingerprint density at radius 1 is 1.16 bits per heavy atom. The molecule has 8 heteroatoms. The van der Waals surface area contributed by atoms with E-state index in [1.807, 2.05) is 6.92 Å². The summed E-state index contributed by atoms with van der Waals surface area (Å²) in [6, 6.07) is 7.94. The molecular weight excluding hydrogens is 354 g/mol. The van der Waals surface area contributed by atoms with Crippen LogP contribution in [0.3, 0.4) is 0 Å². The minimum absolute atomic E-state index is 0.0233. The fourth-order valence-corrected chi connectivity index (χ4v) is 3.77. The van der Waals surface area contributed by atoms with Gasteiger partial charge in [-0.2, -0.15) is 13.2 Å². The summed E-state index contributed by atoms with van der Waals surface area (Å²) in [4.78, 5) is 8.54. The predicted octanol–water partition coefficient (Wildman–Crippen LogP) is 5.13. The molecule has 4 rings (SSSR count). The fourth-order valence-electron chi connectivity index (χ4n) is 2.89. The van der Waals surface area contributed by atoms with E-state index in [0.717, 1.165) is 16.9 Å². The van der Waals surface area contributed by atoms with Crippen molar-refractivity contribution in [2.24, 2.45) is 0 Å². The first-order valence-corrected chi connectivity index (χ1v) is 8.50. The molecule has 2 aromatic heterocycles. The van der Waals surface area contributed by atoms with Gasteiger partial charge in [0.25, 0.3) is 0 Å². The first-order chi connectivity index (χ1) is 11.8. The van der Waals surface area contributed by atoms with Crippen LogP contribution in [0, 0.1) is 12.7 Å². The number of hydrogen-bond donors (Lipinski definition) is 1. The Morgan fingerprint density at radius 2 is 1.88 bits per heavy atom. The summed E-state index contributed by atoms with van der Waals surface area (Å²) in [5.74, 6) is -1.10. The SMILES string of the molecule is Cc1cc2c(N[C@@H]3C[C@H]3c3ccc(F)cc3)nc(C(F)(F)F)nc2s1. The number of alkyl halides is 3. The molecule has 0 radical (unpaired) electrons. The first-order valence-electron chi connectivity index (χ1n) is 7.68. The summed E-state index contributed by atoms with van der Waals surface area (Å²) in [7, 11) is 0. The van der Waals surface area contributed by atoms with Crippen molar-refractivity contribution in [2.45, 2.75) is 31.5 Å². The monoisotopic (exact) mass is 367 g/mol. The van der Waals surface area contributed by atoms with Crippen LogP contribution in [0.2, 0.25) is 0 Å². The molecule has 0 amide bonds. The molecule has 25 heavy (non-hydrogen) atoms. The molecule has 2 atom stereocenters. The Hall–Kier alpha value is -2.22. The molecule has 0 unspecified atom stereocenters. The quantitative estimate of drug-likeness (QED) is 0.653. The molecular formula is C17H13F4N3S. The van der Waals surface area contributed by atoms with E-state index in [9.17, 15) is 17.6 Å². The third-order valence-corrected chi connectivity index (χ3v) is 5.12. The normalized spacial score (nSPS) is 20.0. The van der Waals surface area contributed by atoms with Crippen LogP contribution in [-0.4, -0.2) is 16.0 Å². The Morgan fingerprint density at radius 3 is 2.56 bits per heavy atom. The van der Waals surface area contributed by atoms with Crippen molar-refractivity contribution in [3.8, 4) is 0 Å². The third kappa shape index (κ3) is 3.18. The van der Waals surface area contributed by atoms with E-state index >= 15 is 0 Å². The van der Waals surface area contributed by atoms with E-state index < -0.39 is 12.0 Å². The number of nitrogens with zero attached hydrogens (tertiary/aromatic N) is 2. The predicted molar refractivity (Wildman–Crippen MR) is 88.3 cm³/mol. The highest BCUT2D eigenvalue weighted by Gasteiger charge is 2.40. The van der Waals surface area contributed by atoms with Gasteiger partial charge in [0.05, 0.1) is 5.39 Å². The van der Waals surface area contributed by atoms with E-state index in [1.54, 1.807) is 18.2 Å². The van der Waals surface area contributed by atoms with Crippen LogP contribution >= 0.6 is 11.3 Å². The standard InChI is InChI=1S/C17H13F4N3S/c1-8-6-12-14(23-16(17(19,20)21)24-15(12)25-8)22-13-7-11(13)9-2-4-10(18)5-3-9/h2-6,11,13H,7H2,1H3,(H,22,23,24)/t11-,13+/m0/s1. The summed E-state index contributed by atoms with van der Waals surface area (Å²) in [6.07, 6.45) is -3.83. The van der Waals surface area contributed by atoms with E-state index in [4.69, 9.17) is 0 Å². The minimum Gasteiger partial charge on any atom is -0.366 e. The van der Waals surface area contributed by atoms with Gasteiger partial charge >= 0.3 is 6.18 Å². The average molecular weight is 367 g/mol. The van der Waals surface area contributed by atoms with E-state index in [0.29, 0.717) is 10.2 Å². The van der Waals surface area contributed by atoms with E-state index in [1.165, 1.54) is 23.5 Å². The zero-order chi connectivity index (χ0) is 17.8. The fraction of sp³-hybridized carbons (Fsp3) is 0.294. The zero-order valence-electron chi connectivity index (χ0n) is 13.1. The van der Waals surface area contributed by atoms with Crippen LogP contribution in [0.4, 0.5) is 23.4 Å². The second kappa shape index (κ2) is 5.66. The summed E-state index contributed by atoms with van der Waals surface area (Å²) in [6.45, 7) is 1.82. The Kier molecular flexibility index (Phi) is 3.68. The molecule has 1 aromatic carbocycles. The van der Waals surface area contributed by atoms with Gasteiger partial charge in [0.2, 0.25) is 5.82 Å². The lowest BCUT2D eigenvalue weighted by molar-refractivity contribution is -0.144. The highest BCUT2D eigenvalue weighted by Crippen LogP contribution is 2.44. The Labute approximate surface area is 144 Å². The maximum Gasteiger partial charge on any atom is 0.451 e. The molecule has 2 heterocycles. The smallest absolute Gasteiger partial charge is 0.366 e. The van der Waals surface area contributed by atoms with Gasteiger partial charge in [0.15, 0.2) is 0 Å². The molecule has 0 aliphatic heterocycles. The van der Waals surface area contributed by atoms with Crippen molar-refractivity contribution in [2.75, 3.05) is 5.32 Å². The lowest BCUT2D eigenvalue weighted by atomic mass is 10.1. The molecule has 3 aromatic rings. The lowest BCUT2D eigenvalue weighted by Crippen LogP contribution is -2.14. The zero-order valence-corrected chi connectivity index (χ0v) is 13.9. The minimum atomic E-state index is -4.59. The summed E-state index contributed by atoms with van der Waals surface area (Å²) < 4.78 is 52.2. The van der Waals surface area contributed by atoms with Crippen molar-refractivity contribution in [3.05, 3.63) is 52.4 Å². The third-order valence-electron chi connectivity index (χ3n) is 4.18. The number of benzene rings is 1. The molecule has 0 bridgehead atoms. The van der Waals surface area contributed by atoms with E-state index in [-0.39, 0.29) is 23.6 Å². The van der Waals surface area contributed by atoms with Crippen LogP contribution in [0.25, 0.3) is 10.2 Å². The van der Waals surface area contributed by atoms with E-state index in [2.05, 4.69) is 15.3 Å². The largest absolute Gasteiger partial charge is 0.451 e. The molecule has 1 aliphatic carbocycles. The number of halogens is 4. The van der Waals surface area contributed by atoms with Crippen molar-refractivity contribution >= 4 is 27.4 Å². The van der Waals surface area contributed by atoms with Crippen LogP contribution in [0.1, 0.15) is 28.6 Å². The molecule has 3 nitrogen and oxygen atoms in total. The van der Waals surface area contributed by atoms with Gasteiger partial charge < -0.3 is 5.32 Å². The maximum absolute atomic E-state index is 13.1. The van der Waals surface area contributed by atoms with Gasteiger partial charge in [-0.1, -0.05) is 12.1 Å². The van der Waals surface area contributed by atoms with Gasteiger partial charge in [-0.25, -0.2) is 14.4 Å². The molecule has 1 N–H and O–H groups in total.